The Bertz CT molecular complexity index is 600. The summed E-state index contributed by atoms with van der Waals surface area (Å²) in [7, 11) is 1.88. The van der Waals surface area contributed by atoms with Crippen molar-refractivity contribution in [1.29, 1.82) is 0 Å². The zero-order valence-corrected chi connectivity index (χ0v) is 13.4. The van der Waals surface area contributed by atoms with Crippen LogP contribution < -0.4 is 10.1 Å². The molecule has 2 aromatic rings. The molecule has 0 amide bonds. The lowest BCUT2D eigenvalue weighted by Crippen LogP contribution is -2.13. The molecule has 0 bridgehead atoms. The Balaban J connectivity index is 2.28. The van der Waals surface area contributed by atoms with Crippen molar-refractivity contribution in [3.63, 3.8) is 0 Å². The van der Waals surface area contributed by atoms with E-state index in [0.29, 0.717) is 12.4 Å². The predicted octanol–water partition coefficient (Wildman–Crippen LogP) is 3.59. The van der Waals surface area contributed by atoms with Crippen LogP contribution in [-0.4, -0.2) is 17.0 Å². The third kappa shape index (κ3) is 4.02. The fraction of sp³-hybridized carbons (Fsp3) is 0.412. The zero-order chi connectivity index (χ0) is 15.5. The summed E-state index contributed by atoms with van der Waals surface area (Å²) in [6, 6.07) is 6.27. The van der Waals surface area contributed by atoms with Gasteiger partial charge in [-0.25, -0.2) is 4.98 Å². The minimum absolute atomic E-state index is 0.0164. The number of benzene rings is 1. The molecule has 1 aromatic carbocycles. The van der Waals surface area contributed by atoms with Crippen molar-refractivity contribution in [3.05, 3.63) is 47.4 Å². The Morgan fingerprint density at radius 2 is 1.90 bits per heavy atom. The number of aromatic nitrogens is 2. The van der Waals surface area contributed by atoms with Crippen LogP contribution in [0.1, 0.15) is 37.6 Å². The molecule has 0 aliphatic carbocycles. The maximum atomic E-state index is 5.96. The van der Waals surface area contributed by atoms with E-state index in [9.17, 15) is 0 Å². The van der Waals surface area contributed by atoms with E-state index in [2.05, 4.69) is 55.1 Å². The summed E-state index contributed by atoms with van der Waals surface area (Å²) in [4.78, 5) is 8.65. The van der Waals surface area contributed by atoms with Gasteiger partial charge in [0.15, 0.2) is 0 Å². The van der Waals surface area contributed by atoms with Gasteiger partial charge in [-0.2, -0.15) is 0 Å². The predicted molar refractivity (Wildman–Crippen MR) is 84.7 cm³/mol. The van der Waals surface area contributed by atoms with Crippen LogP contribution in [0.3, 0.4) is 0 Å². The lowest BCUT2D eigenvalue weighted by atomic mass is 9.86. The maximum absolute atomic E-state index is 5.96. The Morgan fingerprint density at radius 3 is 2.48 bits per heavy atom. The van der Waals surface area contributed by atoms with Gasteiger partial charge in [0.1, 0.15) is 5.75 Å². The molecule has 1 aromatic heterocycles. The summed E-state index contributed by atoms with van der Waals surface area (Å²) >= 11 is 0. The van der Waals surface area contributed by atoms with Crippen molar-refractivity contribution >= 4 is 0 Å². The third-order valence-electron chi connectivity index (χ3n) is 3.20. The molecule has 0 unspecified atom stereocenters. The van der Waals surface area contributed by atoms with E-state index in [1.54, 1.807) is 12.4 Å². The van der Waals surface area contributed by atoms with Crippen LogP contribution >= 0.6 is 0 Å². The second-order valence-corrected chi connectivity index (χ2v) is 6.23. The van der Waals surface area contributed by atoms with Gasteiger partial charge in [-0.15, -0.1) is 0 Å². The molecule has 0 aliphatic heterocycles. The molecule has 0 atom stereocenters. The van der Waals surface area contributed by atoms with Crippen LogP contribution in [0.4, 0.5) is 0 Å². The Kier molecular flexibility index (Phi) is 4.58. The minimum Gasteiger partial charge on any atom is -0.437 e. The fourth-order valence-corrected chi connectivity index (χ4v) is 2.11. The van der Waals surface area contributed by atoms with Crippen LogP contribution in [0.15, 0.2) is 30.6 Å². The molecule has 0 saturated carbocycles. The monoisotopic (exact) mass is 285 g/mol. The highest BCUT2D eigenvalue weighted by Crippen LogP contribution is 2.34. The maximum Gasteiger partial charge on any atom is 0.237 e. The van der Waals surface area contributed by atoms with Gasteiger partial charge >= 0.3 is 0 Å². The molecule has 4 heteroatoms. The van der Waals surface area contributed by atoms with Gasteiger partial charge in [-0.1, -0.05) is 32.9 Å². The summed E-state index contributed by atoms with van der Waals surface area (Å²) in [5.41, 5.74) is 3.24. The van der Waals surface area contributed by atoms with Crippen molar-refractivity contribution in [1.82, 2.24) is 15.3 Å². The van der Waals surface area contributed by atoms with Crippen LogP contribution in [0.2, 0.25) is 0 Å². The van der Waals surface area contributed by atoms with E-state index < -0.39 is 0 Å². The number of hydrogen-bond donors (Lipinski definition) is 1. The molecule has 0 spiro atoms. The third-order valence-corrected chi connectivity index (χ3v) is 3.20. The molecule has 0 saturated heterocycles. The molecule has 1 N–H and O–H groups in total. The summed E-state index contributed by atoms with van der Waals surface area (Å²) in [5.74, 6) is 1.36. The quantitative estimate of drug-likeness (QED) is 0.932. The lowest BCUT2D eigenvalue weighted by molar-refractivity contribution is 0.436. The SMILES string of the molecule is CNCc1cnc(Oc2cc(C)ccc2C(C)(C)C)cn1. The zero-order valence-electron chi connectivity index (χ0n) is 13.4. The van der Waals surface area contributed by atoms with E-state index >= 15 is 0 Å². The molecule has 112 valence electrons. The summed E-state index contributed by atoms with van der Waals surface area (Å²) < 4.78 is 5.96. The van der Waals surface area contributed by atoms with Crippen LogP contribution in [0, 0.1) is 6.92 Å². The number of aryl methyl sites for hydroxylation is 1. The first-order valence-electron chi connectivity index (χ1n) is 7.14. The van der Waals surface area contributed by atoms with E-state index in [1.807, 2.05) is 13.1 Å². The van der Waals surface area contributed by atoms with Gasteiger partial charge < -0.3 is 10.1 Å². The smallest absolute Gasteiger partial charge is 0.237 e. The molecule has 1 heterocycles. The first-order valence-corrected chi connectivity index (χ1v) is 7.14. The molecular formula is C17H23N3O. The van der Waals surface area contributed by atoms with Crippen LogP contribution in [0.25, 0.3) is 0 Å². The van der Waals surface area contributed by atoms with Crippen molar-refractivity contribution in [2.24, 2.45) is 0 Å². The van der Waals surface area contributed by atoms with E-state index in [1.165, 1.54) is 0 Å². The second-order valence-electron chi connectivity index (χ2n) is 6.23. The van der Waals surface area contributed by atoms with Gasteiger partial charge in [0.2, 0.25) is 5.88 Å². The number of rotatable bonds is 4. The Labute approximate surface area is 126 Å². The first-order chi connectivity index (χ1) is 9.90. The minimum atomic E-state index is 0.0164. The highest BCUT2D eigenvalue weighted by Gasteiger charge is 2.19. The normalized spacial score (nSPS) is 11.5. The number of nitrogens with one attached hydrogen (secondary N) is 1. The highest BCUT2D eigenvalue weighted by atomic mass is 16.5. The summed E-state index contributed by atoms with van der Waals surface area (Å²) in [5, 5.41) is 3.05. The Hall–Kier alpha value is -1.94. The topological polar surface area (TPSA) is 47.0 Å². The fourth-order valence-electron chi connectivity index (χ4n) is 2.11. The van der Waals surface area contributed by atoms with Crippen molar-refractivity contribution in [2.75, 3.05) is 7.05 Å². The van der Waals surface area contributed by atoms with Crippen LogP contribution in [0.5, 0.6) is 11.6 Å². The van der Waals surface area contributed by atoms with Crippen molar-refractivity contribution in [3.8, 4) is 11.6 Å². The highest BCUT2D eigenvalue weighted by molar-refractivity contribution is 5.42. The van der Waals surface area contributed by atoms with Gasteiger partial charge in [0.25, 0.3) is 0 Å². The molecule has 0 fully saturated rings. The number of hydrogen-bond acceptors (Lipinski definition) is 4. The van der Waals surface area contributed by atoms with E-state index in [4.69, 9.17) is 4.74 Å². The van der Waals surface area contributed by atoms with Crippen molar-refractivity contribution in [2.45, 2.75) is 39.7 Å². The average Bonchev–Trinajstić information content (AvgIpc) is 2.40. The van der Waals surface area contributed by atoms with Gasteiger partial charge in [-0.05, 0) is 31.0 Å². The van der Waals surface area contributed by atoms with Gasteiger partial charge in [-0.3, -0.25) is 4.98 Å². The van der Waals surface area contributed by atoms with E-state index in [0.717, 1.165) is 22.6 Å². The average molecular weight is 285 g/mol. The molecule has 0 radical (unpaired) electrons. The second kappa shape index (κ2) is 6.22. The standard InChI is InChI=1S/C17H23N3O/c1-12-6-7-14(17(2,3)4)15(8-12)21-16-11-19-13(9-18-5)10-20-16/h6-8,10-11,18H,9H2,1-5H3. The van der Waals surface area contributed by atoms with E-state index in [-0.39, 0.29) is 5.41 Å². The molecular weight excluding hydrogens is 262 g/mol. The van der Waals surface area contributed by atoms with Crippen LogP contribution in [-0.2, 0) is 12.0 Å². The summed E-state index contributed by atoms with van der Waals surface area (Å²) in [6.45, 7) is 9.27. The first kappa shape index (κ1) is 15.4. The van der Waals surface area contributed by atoms with Crippen molar-refractivity contribution < 1.29 is 4.74 Å². The van der Waals surface area contributed by atoms with Gasteiger partial charge in [0.05, 0.1) is 18.1 Å². The lowest BCUT2D eigenvalue weighted by Gasteiger charge is -2.22. The largest absolute Gasteiger partial charge is 0.437 e. The molecule has 0 aliphatic rings. The number of nitrogens with zero attached hydrogens (tertiary/aromatic N) is 2. The molecule has 4 nitrogen and oxygen atoms in total. The van der Waals surface area contributed by atoms with Gasteiger partial charge in [0, 0.05) is 12.1 Å². The molecule has 21 heavy (non-hydrogen) atoms. The summed E-state index contributed by atoms with van der Waals surface area (Å²) in [6.07, 6.45) is 3.40. The molecule has 2 rings (SSSR count). The number of ether oxygens (including phenoxy) is 1. The Morgan fingerprint density at radius 1 is 1.14 bits per heavy atom.